The second-order valence-electron chi connectivity index (χ2n) is 6.76. The van der Waals surface area contributed by atoms with E-state index < -0.39 is 0 Å². The maximum absolute atomic E-state index is 12.2. The standard InChI is InChI=1S/C20H21Cl2N5O3S/c1-11-17(12(2)30-27-11)18(28)23-7-3-4-14-10-31-20(25-14)26-19(29)24-9-13-5-6-15(21)16(22)8-13/h5-6,8,10H,3-4,7,9H2,1-2H3,(H,23,28)(H2,24,25,26,29). The number of urea groups is 1. The maximum Gasteiger partial charge on any atom is 0.321 e. The van der Waals surface area contributed by atoms with Crippen molar-refractivity contribution in [3.8, 4) is 0 Å². The zero-order valence-electron chi connectivity index (χ0n) is 16.9. The smallest absolute Gasteiger partial charge is 0.321 e. The minimum atomic E-state index is -0.362. The Kier molecular flexibility index (Phi) is 7.89. The molecule has 0 aliphatic rings. The van der Waals surface area contributed by atoms with Crippen molar-refractivity contribution >= 4 is 51.6 Å². The highest BCUT2D eigenvalue weighted by Gasteiger charge is 2.16. The van der Waals surface area contributed by atoms with Gasteiger partial charge in [-0.15, -0.1) is 11.3 Å². The highest BCUT2D eigenvalue weighted by molar-refractivity contribution is 7.13. The van der Waals surface area contributed by atoms with Crippen LogP contribution in [0.4, 0.5) is 9.93 Å². The minimum absolute atomic E-state index is 0.199. The van der Waals surface area contributed by atoms with Crippen LogP contribution in [-0.4, -0.2) is 28.6 Å². The third kappa shape index (κ3) is 6.43. The lowest BCUT2D eigenvalue weighted by Crippen LogP contribution is -2.28. The molecule has 3 amide bonds. The van der Waals surface area contributed by atoms with Crippen molar-refractivity contribution in [1.82, 2.24) is 20.8 Å². The number of nitrogens with zero attached hydrogens (tertiary/aromatic N) is 2. The lowest BCUT2D eigenvalue weighted by atomic mass is 10.2. The summed E-state index contributed by atoms with van der Waals surface area (Å²) >= 11 is 13.2. The van der Waals surface area contributed by atoms with Gasteiger partial charge in [-0.2, -0.15) is 0 Å². The molecule has 2 aromatic heterocycles. The number of amides is 3. The highest BCUT2D eigenvalue weighted by Crippen LogP contribution is 2.22. The number of carbonyl (C=O) groups is 2. The summed E-state index contributed by atoms with van der Waals surface area (Å²) in [5, 5.41) is 15.4. The number of thiazole rings is 1. The highest BCUT2D eigenvalue weighted by atomic mass is 35.5. The van der Waals surface area contributed by atoms with E-state index in [1.807, 2.05) is 5.38 Å². The molecule has 0 spiro atoms. The molecule has 8 nitrogen and oxygen atoms in total. The summed E-state index contributed by atoms with van der Waals surface area (Å²) in [4.78, 5) is 28.7. The average molecular weight is 482 g/mol. The molecule has 3 rings (SSSR count). The largest absolute Gasteiger partial charge is 0.361 e. The fourth-order valence-electron chi connectivity index (χ4n) is 2.82. The molecule has 0 atom stereocenters. The molecule has 1 aromatic carbocycles. The molecule has 3 N–H and O–H groups in total. The fourth-order valence-corrected chi connectivity index (χ4v) is 3.88. The van der Waals surface area contributed by atoms with Crippen LogP contribution in [0.25, 0.3) is 0 Å². The molecule has 0 saturated heterocycles. The monoisotopic (exact) mass is 481 g/mol. The summed E-state index contributed by atoms with van der Waals surface area (Å²) in [6, 6.07) is 4.82. The Morgan fingerprint density at radius 1 is 1.16 bits per heavy atom. The van der Waals surface area contributed by atoms with Crippen LogP contribution in [0.1, 0.15) is 39.5 Å². The van der Waals surface area contributed by atoms with E-state index in [0.29, 0.717) is 58.1 Å². The summed E-state index contributed by atoms with van der Waals surface area (Å²) in [6.07, 6.45) is 1.38. The maximum atomic E-state index is 12.2. The van der Waals surface area contributed by atoms with Crippen LogP contribution in [0.3, 0.4) is 0 Å². The molecule has 0 aliphatic carbocycles. The zero-order chi connectivity index (χ0) is 22.4. The molecule has 0 fully saturated rings. The molecule has 164 valence electrons. The first-order valence-corrected chi connectivity index (χ1v) is 11.1. The van der Waals surface area contributed by atoms with Gasteiger partial charge < -0.3 is 15.2 Å². The van der Waals surface area contributed by atoms with E-state index in [-0.39, 0.29) is 11.9 Å². The van der Waals surface area contributed by atoms with Crippen LogP contribution in [-0.2, 0) is 13.0 Å². The topological polar surface area (TPSA) is 109 Å². The summed E-state index contributed by atoms with van der Waals surface area (Å²) in [7, 11) is 0. The number of anilines is 1. The number of benzene rings is 1. The number of carbonyl (C=O) groups excluding carboxylic acids is 2. The number of aromatic nitrogens is 2. The van der Waals surface area contributed by atoms with Crippen molar-refractivity contribution in [3.63, 3.8) is 0 Å². The van der Waals surface area contributed by atoms with Gasteiger partial charge in [0, 0.05) is 18.5 Å². The van der Waals surface area contributed by atoms with Crippen LogP contribution in [0.15, 0.2) is 28.1 Å². The van der Waals surface area contributed by atoms with Crippen LogP contribution >= 0.6 is 34.5 Å². The van der Waals surface area contributed by atoms with E-state index in [4.69, 9.17) is 27.7 Å². The predicted molar refractivity (Wildman–Crippen MR) is 121 cm³/mol. The third-order valence-corrected chi connectivity index (χ3v) is 5.91. The first-order chi connectivity index (χ1) is 14.8. The van der Waals surface area contributed by atoms with Crippen LogP contribution in [0.5, 0.6) is 0 Å². The number of halogens is 2. The molecule has 11 heteroatoms. The van der Waals surface area contributed by atoms with Crippen molar-refractivity contribution in [1.29, 1.82) is 0 Å². The molecular formula is C20H21Cl2N5O3S. The molecule has 31 heavy (non-hydrogen) atoms. The molecular weight excluding hydrogens is 461 g/mol. The van der Waals surface area contributed by atoms with E-state index in [1.165, 1.54) is 11.3 Å². The molecule has 3 aromatic rings. The number of hydrogen-bond acceptors (Lipinski definition) is 6. The Bertz CT molecular complexity index is 1060. The first-order valence-electron chi connectivity index (χ1n) is 9.47. The SMILES string of the molecule is Cc1noc(C)c1C(=O)NCCCc1csc(NC(=O)NCc2ccc(Cl)c(Cl)c2)n1. The molecule has 2 heterocycles. The summed E-state index contributed by atoms with van der Waals surface area (Å²) < 4.78 is 5.01. The minimum Gasteiger partial charge on any atom is -0.361 e. The first kappa shape index (κ1) is 23.1. The van der Waals surface area contributed by atoms with Crippen LogP contribution in [0, 0.1) is 13.8 Å². The van der Waals surface area contributed by atoms with Gasteiger partial charge in [-0.05, 0) is 44.4 Å². The summed E-state index contributed by atoms with van der Waals surface area (Å²) in [5.41, 5.74) is 2.73. The van der Waals surface area contributed by atoms with Crippen molar-refractivity contribution < 1.29 is 14.1 Å². The van der Waals surface area contributed by atoms with E-state index >= 15 is 0 Å². The number of nitrogens with one attached hydrogen (secondary N) is 3. The molecule has 0 radical (unpaired) electrons. The summed E-state index contributed by atoms with van der Waals surface area (Å²) in [6.45, 7) is 4.24. The van der Waals surface area contributed by atoms with Crippen molar-refractivity contribution in [3.05, 3.63) is 61.9 Å². The Balaban J connectivity index is 1.39. The number of aryl methyl sites for hydroxylation is 3. The van der Waals surface area contributed by atoms with E-state index in [9.17, 15) is 9.59 Å². The molecule has 0 aliphatic heterocycles. The molecule has 0 unspecified atom stereocenters. The van der Waals surface area contributed by atoms with E-state index in [1.54, 1.807) is 32.0 Å². The second-order valence-corrected chi connectivity index (χ2v) is 8.43. The van der Waals surface area contributed by atoms with Gasteiger partial charge in [0.1, 0.15) is 11.3 Å². The summed E-state index contributed by atoms with van der Waals surface area (Å²) in [5.74, 6) is 0.304. The van der Waals surface area contributed by atoms with E-state index in [0.717, 1.165) is 11.3 Å². The quantitative estimate of drug-likeness (QED) is 0.402. The third-order valence-electron chi connectivity index (χ3n) is 4.36. The van der Waals surface area contributed by atoms with Gasteiger partial charge in [-0.25, -0.2) is 9.78 Å². The van der Waals surface area contributed by atoms with Crippen LogP contribution in [0.2, 0.25) is 10.0 Å². The van der Waals surface area contributed by atoms with E-state index in [2.05, 4.69) is 26.1 Å². The normalized spacial score (nSPS) is 10.7. The Morgan fingerprint density at radius 3 is 2.68 bits per heavy atom. The lowest BCUT2D eigenvalue weighted by Gasteiger charge is -2.06. The second kappa shape index (κ2) is 10.6. The zero-order valence-corrected chi connectivity index (χ0v) is 19.2. The Morgan fingerprint density at radius 2 is 1.97 bits per heavy atom. The number of hydrogen-bond donors (Lipinski definition) is 3. The average Bonchev–Trinajstić information content (AvgIpc) is 3.31. The molecule has 0 saturated carbocycles. The van der Waals surface area contributed by atoms with Gasteiger partial charge in [0.15, 0.2) is 5.13 Å². The Labute approximate surface area is 193 Å². The lowest BCUT2D eigenvalue weighted by molar-refractivity contribution is 0.0951. The molecule has 0 bridgehead atoms. The Hall–Kier alpha value is -2.62. The van der Waals surface area contributed by atoms with Crippen molar-refractivity contribution in [2.24, 2.45) is 0 Å². The van der Waals surface area contributed by atoms with Crippen LogP contribution < -0.4 is 16.0 Å². The van der Waals surface area contributed by atoms with Gasteiger partial charge in [0.2, 0.25) is 0 Å². The van der Waals surface area contributed by atoms with Crippen molar-refractivity contribution in [2.75, 3.05) is 11.9 Å². The van der Waals surface area contributed by atoms with Crippen molar-refractivity contribution in [2.45, 2.75) is 33.2 Å². The van der Waals surface area contributed by atoms with Gasteiger partial charge in [0.05, 0.1) is 21.4 Å². The predicted octanol–water partition coefficient (Wildman–Crippen LogP) is 4.74. The fraction of sp³-hybridized carbons (Fsp3) is 0.300. The van der Waals surface area contributed by atoms with Gasteiger partial charge in [-0.1, -0.05) is 34.4 Å². The van der Waals surface area contributed by atoms with Gasteiger partial charge in [-0.3, -0.25) is 10.1 Å². The number of rotatable bonds is 8. The van der Waals surface area contributed by atoms with Gasteiger partial charge >= 0.3 is 6.03 Å². The van der Waals surface area contributed by atoms with Gasteiger partial charge in [0.25, 0.3) is 5.91 Å².